The number of aromatic hydroxyl groups is 2. The molecule has 0 fully saturated rings. The second kappa shape index (κ2) is 42.6. The van der Waals surface area contributed by atoms with E-state index in [1.54, 1.807) is 119 Å². The Bertz CT molecular complexity index is 4440. The number of fused-ring (bicyclic) bond motifs is 2. The summed E-state index contributed by atoms with van der Waals surface area (Å²) in [5, 5.41) is 39.0. The first-order valence-corrected chi connectivity index (χ1v) is 34.1. The van der Waals surface area contributed by atoms with Crippen molar-refractivity contribution < 1.29 is 81.3 Å². The maximum absolute atomic E-state index is 11.0. The molecule has 0 radical (unpaired) electrons. The number of aryl methyl sites for hydroxylation is 4. The maximum atomic E-state index is 11.0. The molecule has 0 spiro atoms. The van der Waals surface area contributed by atoms with Gasteiger partial charge in [0.25, 0.3) is 0 Å². The average Bonchev–Trinajstić information content (AvgIpc) is 1.61. The summed E-state index contributed by atoms with van der Waals surface area (Å²) in [7, 11) is 13.2. The summed E-state index contributed by atoms with van der Waals surface area (Å²) < 4.78 is 63.1. The number of aldehydes is 1. The summed E-state index contributed by atoms with van der Waals surface area (Å²) in [6.07, 6.45) is 3.68. The van der Waals surface area contributed by atoms with Crippen LogP contribution in [0.4, 0.5) is 0 Å². The van der Waals surface area contributed by atoms with Crippen molar-refractivity contribution in [2.45, 2.75) is 40.3 Å². The molecule has 12 rings (SSSR count). The summed E-state index contributed by atoms with van der Waals surface area (Å²) in [5.41, 5.74) is 15.4. The zero-order chi connectivity index (χ0) is 74.1. The number of carbonyl (C=O) groups is 1. The fourth-order valence-electron chi connectivity index (χ4n) is 9.68. The smallest absolute Gasteiger partial charge is 0.488 e. The van der Waals surface area contributed by atoms with E-state index in [0.717, 1.165) is 116 Å². The van der Waals surface area contributed by atoms with Crippen LogP contribution in [0.15, 0.2) is 234 Å². The van der Waals surface area contributed by atoms with Crippen LogP contribution in [0.25, 0.3) is 66.4 Å². The van der Waals surface area contributed by atoms with Gasteiger partial charge in [0.1, 0.15) is 63.8 Å². The number of benzene rings is 10. The largest absolute Gasteiger partial charge is 0.508 e. The van der Waals surface area contributed by atoms with Crippen LogP contribution in [0.5, 0.6) is 46.0 Å². The predicted molar refractivity (Wildman–Crippen MR) is 418 cm³/mol. The Balaban J connectivity index is 0.000000192. The van der Waals surface area contributed by atoms with Crippen molar-refractivity contribution in [3.8, 4) is 90.5 Å². The number of hydrogen-bond donors (Lipinski definition) is 4. The second-order valence-corrected chi connectivity index (χ2v) is 24.2. The number of furan rings is 2. The summed E-state index contributed by atoms with van der Waals surface area (Å²) in [5.74, 6) is 5.60. The Labute approximate surface area is 619 Å². The fraction of sp³-hybridized carbons (Fsp3) is 0.207. The Morgan fingerprint density at radius 2 is 0.794 bits per heavy atom. The number of carbonyl (C=O) groups excluding carboxylic acids is 1. The highest BCUT2D eigenvalue weighted by molar-refractivity contribution is 14.1. The van der Waals surface area contributed by atoms with Crippen molar-refractivity contribution in [1.29, 1.82) is 0 Å². The minimum atomic E-state index is -1.40. The van der Waals surface area contributed by atoms with Crippen molar-refractivity contribution >= 4 is 79.3 Å². The van der Waals surface area contributed by atoms with E-state index in [2.05, 4.69) is 75.8 Å². The van der Waals surface area contributed by atoms with Gasteiger partial charge in [0.05, 0.1) is 59.0 Å². The Morgan fingerprint density at radius 3 is 1.19 bits per heavy atom. The van der Waals surface area contributed by atoms with Gasteiger partial charge in [-0.3, -0.25) is 4.79 Å². The van der Waals surface area contributed by atoms with E-state index < -0.39 is 7.12 Å². The molecule has 2 aromatic heterocycles. The molecule has 0 unspecified atom stereocenters. The third-order valence-corrected chi connectivity index (χ3v) is 17.0. The van der Waals surface area contributed by atoms with Crippen LogP contribution < -0.4 is 33.9 Å². The molecule has 17 nitrogen and oxygen atoms in total. The molecular formula is C82H87BBrIO17. The zero-order valence-corrected chi connectivity index (χ0v) is 63.2. The van der Waals surface area contributed by atoms with Gasteiger partial charge in [-0.1, -0.05) is 125 Å². The SMILES string of the molecule is COC(CBr)OC.COc1ccc(-c2ccc(C)c(O)c2)cc1.COc1ccc(-c2ccc(C)c(OCC(OC)OC)c2)cc1.COc1ccc(-c2ccc(C)c3occc23)cc1.COc1ccc(-c2ccc(C=O)c3occc23)cc1.COc1ccc(B(O)O)cc1.Cc1ccc(I)cc1O. The molecule has 0 saturated heterocycles. The van der Waals surface area contributed by atoms with E-state index in [1.165, 1.54) is 11.1 Å². The molecule has 0 amide bonds. The van der Waals surface area contributed by atoms with E-state index in [-0.39, 0.29) is 12.6 Å². The number of alkyl halides is 1. The van der Waals surface area contributed by atoms with E-state index in [0.29, 0.717) is 40.5 Å². The number of phenols is 2. The van der Waals surface area contributed by atoms with Crippen molar-refractivity contribution in [3.05, 3.63) is 256 Å². The molecule has 0 aliphatic heterocycles. The minimum absolute atomic E-state index is 0.0972. The molecule has 102 heavy (non-hydrogen) atoms. The normalized spacial score (nSPS) is 10.3. The molecule has 534 valence electrons. The van der Waals surface area contributed by atoms with Gasteiger partial charge >= 0.3 is 7.12 Å². The molecule has 2 heterocycles. The number of ether oxygens (including phenoxy) is 10. The molecule has 0 bridgehead atoms. The number of methoxy groups -OCH3 is 9. The first kappa shape index (κ1) is 81.4. The lowest BCUT2D eigenvalue weighted by molar-refractivity contribution is -0.122. The van der Waals surface area contributed by atoms with E-state index in [9.17, 15) is 9.90 Å². The van der Waals surface area contributed by atoms with Crippen molar-refractivity contribution in [1.82, 2.24) is 0 Å². The molecule has 10 aromatic carbocycles. The summed E-state index contributed by atoms with van der Waals surface area (Å²) in [4.78, 5) is 11.0. The van der Waals surface area contributed by atoms with Crippen LogP contribution in [-0.4, -0.2) is 122 Å². The second-order valence-electron chi connectivity index (χ2n) is 22.3. The molecule has 12 aromatic rings. The topological polar surface area (TPSA) is 217 Å². The van der Waals surface area contributed by atoms with Crippen molar-refractivity contribution in [2.24, 2.45) is 0 Å². The van der Waals surface area contributed by atoms with Crippen LogP contribution in [0.3, 0.4) is 0 Å². The van der Waals surface area contributed by atoms with Gasteiger partial charge in [0, 0.05) is 42.8 Å². The van der Waals surface area contributed by atoms with Crippen LogP contribution in [0.2, 0.25) is 0 Å². The van der Waals surface area contributed by atoms with Crippen LogP contribution in [-0.2, 0) is 18.9 Å². The number of halogens is 2. The Hall–Kier alpha value is -9.62. The first-order valence-electron chi connectivity index (χ1n) is 31.9. The van der Waals surface area contributed by atoms with E-state index in [4.69, 9.17) is 71.4 Å². The highest BCUT2D eigenvalue weighted by atomic mass is 127. The highest BCUT2D eigenvalue weighted by Crippen LogP contribution is 2.35. The first-order chi connectivity index (χ1) is 49.3. The Morgan fingerprint density at radius 1 is 0.422 bits per heavy atom. The Kier molecular flexibility index (Phi) is 34.0. The fourth-order valence-corrected chi connectivity index (χ4v) is 10.7. The predicted octanol–water partition coefficient (Wildman–Crippen LogP) is 18.1. The quantitative estimate of drug-likeness (QED) is 0.0195. The summed E-state index contributed by atoms with van der Waals surface area (Å²) >= 11 is 5.35. The average molecular weight is 1560 g/mol. The molecule has 0 saturated carbocycles. The lowest BCUT2D eigenvalue weighted by Crippen LogP contribution is -2.29. The molecule has 0 aliphatic carbocycles. The number of phenolic OH excluding ortho intramolecular Hbond substituents is 2. The van der Waals surface area contributed by atoms with Gasteiger partial charge in [0.2, 0.25) is 0 Å². The van der Waals surface area contributed by atoms with E-state index in [1.807, 2.05) is 160 Å². The standard InChI is InChI=1S/C18H22O4.C16H12O3.C16H14O2.C14H14O2.C7H9BO3.C7H7IO.C4H9BrO2/c1-13-5-6-15(14-7-9-16(19-2)10-8-14)11-17(13)22-12-18(20-3)21-4;1-18-13-5-2-11(3-6-13)14-7-4-12(10-17)16-15(14)8-9-19-16;1-11-3-8-14(15-9-10-18-16(11)15)12-4-6-13(17-2)7-5-12;1-10-3-4-12(9-14(10)15)11-5-7-13(16-2)8-6-11;1-11-7-4-2-6(3-5-7)8(9)10;1-5-2-3-6(8)4-7(5)9;1-6-4(3-5)7-2/h5-11,18H,12H2,1-4H3;2-10H,1H3;3-10H,1-2H3;3-9,15H,1-2H3;2-5,9-10H,1H3;2-4,9H,1H3;4H,3H2,1-2H3. The van der Waals surface area contributed by atoms with Gasteiger partial charge < -0.3 is 76.5 Å². The molecular weight excluding hydrogens is 1470 g/mol. The van der Waals surface area contributed by atoms with Gasteiger partial charge in [-0.2, -0.15) is 0 Å². The maximum Gasteiger partial charge on any atom is 0.488 e. The van der Waals surface area contributed by atoms with E-state index >= 15 is 0 Å². The van der Waals surface area contributed by atoms with Gasteiger partial charge in [-0.25, -0.2) is 0 Å². The molecule has 0 aliphatic rings. The summed E-state index contributed by atoms with van der Waals surface area (Å²) in [6, 6.07) is 67.4. The van der Waals surface area contributed by atoms with Crippen LogP contribution >= 0.6 is 38.5 Å². The highest BCUT2D eigenvalue weighted by Gasteiger charge is 2.14. The van der Waals surface area contributed by atoms with Crippen LogP contribution in [0, 0.1) is 31.3 Å². The van der Waals surface area contributed by atoms with Crippen molar-refractivity contribution in [3.63, 3.8) is 0 Å². The van der Waals surface area contributed by atoms with Gasteiger partial charge in [0.15, 0.2) is 18.9 Å². The zero-order valence-electron chi connectivity index (χ0n) is 59.4. The van der Waals surface area contributed by atoms with Gasteiger partial charge in [-0.15, -0.1) is 0 Å². The lowest BCUT2D eigenvalue weighted by Gasteiger charge is -2.16. The summed E-state index contributed by atoms with van der Waals surface area (Å²) in [6.45, 7) is 8.18. The molecule has 4 N–H and O–H groups in total. The monoisotopic (exact) mass is 1560 g/mol. The number of hydrogen-bond acceptors (Lipinski definition) is 17. The molecule has 20 heteroatoms. The third kappa shape index (κ3) is 24.3. The third-order valence-electron chi connectivity index (χ3n) is 15.8. The van der Waals surface area contributed by atoms with Gasteiger partial charge in [-0.05, 0) is 226 Å². The lowest BCUT2D eigenvalue weighted by atomic mass is 9.80. The minimum Gasteiger partial charge on any atom is -0.508 e. The van der Waals surface area contributed by atoms with Crippen LogP contribution in [0.1, 0.15) is 32.6 Å². The van der Waals surface area contributed by atoms with Crippen molar-refractivity contribution in [2.75, 3.05) is 75.9 Å². The molecule has 0 atom stereocenters. The number of rotatable bonds is 19.